The van der Waals surface area contributed by atoms with Gasteiger partial charge in [-0.25, -0.2) is 4.39 Å². The van der Waals surface area contributed by atoms with Gasteiger partial charge in [0.05, 0.1) is 6.04 Å². The Morgan fingerprint density at radius 2 is 1.53 bits per heavy atom. The van der Waals surface area contributed by atoms with Crippen molar-refractivity contribution in [1.82, 2.24) is 5.32 Å². The van der Waals surface area contributed by atoms with Crippen LogP contribution in [0.1, 0.15) is 17.2 Å². The minimum absolute atomic E-state index is 0.100. The summed E-state index contributed by atoms with van der Waals surface area (Å²) < 4.78 is 16.3. The van der Waals surface area contributed by atoms with Gasteiger partial charge in [0.15, 0.2) is 0 Å². The second kappa shape index (κ2) is 6.48. The Morgan fingerprint density at radius 1 is 0.947 bits per heavy atom. The highest BCUT2D eigenvalue weighted by Gasteiger charge is 2.18. The lowest BCUT2D eigenvalue weighted by atomic mass is 9.99. The zero-order valence-electron chi connectivity index (χ0n) is 10.1. The molecule has 0 aliphatic carbocycles. The van der Waals surface area contributed by atoms with E-state index in [0.29, 0.717) is 0 Å². The van der Waals surface area contributed by atoms with Crippen molar-refractivity contribution in [2.24, 2.45) is 0 Å². The summed E-state index contributed by atoms with van der Waals surface area (Å²) in [5, 5.41) is 3.22. The maximum Gasteiger partial charge on any atom is 0.123 e. The molecule has 0 aliphatic rings. The minimum Gasteiger partial charge on any atom is -0.309 e. The molecular weight excluding hydrogens is 441 g/mol. The topological polar surface area (TPSA) is 12.0 Å². The van der Waals surface area contributed by atoms with Crippen LogP contribution in [0.2, 0.25) is 0 Å². The van der Waals surface area contributed by atoms with E-state index in [4.69, 9.17) is 0 Å². The first kappa shape index (κ1) is 15.2. The summed E-state index contributed by atoms with van der Waals surface area (Å²) in [6.07, 6.45) is 0. The van der Waals surface area contributed by atoms with Gasteiger partial charge in [-0.05, 0) is 54.6 Å². The van der Waals surface area contributed by atoms with Crippen molar-refractivity contribution in [2.45, 2.75) is 6.04 Å². The lowest BCUT2D eigenvalue weighted by Crippen LogP contribution is -2.19. The first-order valence-electron chi connectivity index (χ1n) is 5.60. The summed E-state index contributed by atoms with van der Waals surface area (Å²) in [6, 6.07) is 10.5. The molecular formula is C14H11Br3FN. The first-order chi connectivity index (χ1) is 9.02. The molecule has 1 atom stereocenters. The Labute approximate surface area is 137 Å². The van der Waals surface area contributed by atoms with Crippen molar-refractivity contribution in [1.29, 1.82) is 0 Å². The van der Waals surface area contributed by atoms with Gasteiger partial charge >= 0.3 is 0 Å². The average Bonchev–Trinajstić information content (AvgIpc) is 2.38. The predicted octanol–water partition coefficient (Wildman–Crippen LogP) is 5.42. The molecule has 0 saturated heterocycles. The third-order valence-corrected chi connectivity index (χ3v) is 4.76. The van der Waals surface area contributed by atoms with Crippen molar-refractivity contribution >= 4 is 47.8 Å². The van der Waals surface area contributed by atoms with Crippen LogP contribution in [0.3, 0.4) is 0 Å². The quantitative estimate of drug-likeness (QED) is 0.656. The molecule has 1 nitrogen and oxygen atoms in total. The molecule has 0 heterocycles. The molecule has 1 N–H and O–H groups in total. The van der Waals surface area contributed by atoms with Crippen LogP contribution in [0.15, 0.2) is 49.8 Å². The fraction of sp³-hybridized carbons (Fsp3) is 0.143. The van der Waals surface area contributed by atoms with E-state index >= 15 is 0 Å². The lowest BCUT2D eigenvalue weighted by Gasteiger charge is -2.20. The molecule has 0 aliphatic heterocycles. The number of halogens is 4. The number of benzene rings is 2. The summed E-state index contributed by atoms with van der Waals surface area (Å²) >= 11 is 10.5. The van der Waals surface area contributed by atoms with Crippen LogP contribution in [-0.4, -0.2) is 7.05 Å². The third kappa shape index (κ3) is 3.45. The van der Waals surface area contributed by atoms with Gasteiger partial charge in [-0.2, -0.15) is 0 Å². The molecule has 2 aromatic rings. The smallest absolute Gasteiger partial charge is 0.123 e. The summed E-state index contributed by atoms with van der Waals surface area (Å²) in [5.41, 5.74) is 1.91. The Balaban J connectivity index is 2.55. The Kier molecular flexibility index (Phi) is 5.17. The van der Waals surface area contributed by atoms with Crippen LogP contribution in [-0.2, 0) is 0 Å². The van der Waals surface area contributed by atoms with Crippen molar-refractivity contribution in [3.63, 3.8) is 0 Å². The van der Waals surface area contributed by atoms with Crippen LogP contribution in [0.5, 0.6) is 0 Å². The van der Waals surface area contributed by atoms with Gasteiger partial charge in [-0.1, -0.05) is 47.8 Å². The van der Waals surface area contributed by atoms with Gasteiger partial charge in [0.1, 0.15) is 5.82 Å². The van der Waals surface area contributed by atoms with E-state index in [2.05, 4.69) is 53.1 Å². The van der Waals surface area contributed by atoms with E-state index in [0.717, 1.165) is 24.5 Å². The van der Waals surface area contributed by atoms with Crippen molar-refractivity contribution in [3.05, 3.63) is 66.8 Å². The Hall–Kier alpha value is -0.230. The Morgan fingerprint density at radius 3 is 2.16 bits per heavy atom. The molecule has 2 aromatic carbocycles. The highest BCUT2D eigenvalue weighted by molar-refractivity contribution is 9.11. The Bertz CT molecular complexity index is 550. The molecule has 0 fully saturated rings. The van der Waals surface area contributed by atoms with E-state index in [1.165, 1.54) is 6.07 Å². The predicted molar refractivity (Wildman–Crippen MR) is 86.8 cm³/mol. The SMILES string of the molecule is CNC(c1cc(F)ccc1Br)c1cc(Br)ccc1Br. The second-order valence-corrected chi connectivity index (χ2v) is 6.68. The summed E-state index contributed by atoms with van der Waals surface area (Å²) in [5.74, 6) is -0.246. The normalized spacial score (nSPS) is 12.5. The molecule has 100 valence electrons. The molecule has 0 aromatic heterocycles. The third-order valence-electron chi connectivity index (χ3n) is 2.83. The molecule has 2 rings (SSSR count). The molecule has 0 radical (unpaired) electrons. The highest BCUT2D eigenvalue weighted by atomic mass is 79.9. The van der Waals surface area contributed by atoms with Crippen LogP contribution in [0.25, 0.3) is 0 Å². The van der Waals surface area contributed by atoms with E-state index in [1.807, 2.05) is 25.2 Å². The van der Waals surface area contributed by atoms with E-state index in [1.54, 1.807) is 12.1 Å². The van der Waals surface area contributed by atoms with E-state index in [9.17, 15) is 4.39 Å². The molecule has 5 heteroatoms. The van der Waals surface area contributed by atoms with Crippen molar-refractivity contribution in [2.75, 3.05) is 7.05 Å². The van der Waals surface area contributed by atoms with Crippen LogP contribution < -0.4 is 5.32 Å². The maximum atomic E-state index is 13.5. The average molecular weight is 452 g/mol. The molecule has 0 spiro atoms. The number of rotatable bonds is 3. The first-order valence-corrected chi connectivity index (χ1v) is 7.98. The lowest BCUT2D eigenvalue weighted by molar-refractivity contribution is 0.615. The van der Waals surface area contributed by atoms with Gasteiger partial charge in [-0.15, -0.1) is 0 Å². The molecule has 1 unspecified atom stereocenters. The number of nitrogens with one attached hydrogen (secondary N) is 1. The number of hydrogen-bond acceptors (Lipinski definition) is 1. The van der Waals surface area contributed by atoms with Gasteiger partial charge in [0.2, 0.25) is 0 Å². The van der Waals surface area contributed by atoms with Crippen LogP contribution in [0.4, 0.5) is 4.39 Å². The largest absolute Gasteiger partial charge is 0.309 e. The molecule has 0 amide bonds. The van der Waals surface area contributed by atoms with Crippen LogP contribution >= 0.6 is 47.8 Å². The molecule has 0 saturated carbocycles. The van der Waals surface area contributed by atoms with Gasteiger partial charge in [0, 0.05) is 13.4 Å². The van der Waals surface area contributed by atoms with Gasteiger partial charge < -0.3 is 5.32 Å². The number of hydrogen-bond donors (Lipinski definition) is 1. The van der Waals surface area contributed by atoms with Crippen molar-refractivity contribution < 1.29 is 4.39 Å². The monoisotopic (exact) mass is 449 g/mol. The second-order valence-electron chi connectivity index (χ2n) is 4.05. The summed E-state index contributed by atoms with van der Waals surface area (Å²) in [7, 11) is 1.86. The fourth-order valence-corrected chi connectivity index (χ4v) is 3.28. The molecule has 19 heavy (non-hydrogen) atoms. The summed E-state index contributed by atoms with van der Waals surface area (Å²) in [6.45, 7) is 0. The van der Waals surface area contributed by atoms with E-state index < -0.39 is 0 Å². The van der Waals surface area contributed by atoms with Crippen molar-refractivity contribution in [3.8, 4) is 0 Å². The highest BCUT2D eigenvalue weighted by Crippen LogP contribution is 2.34. The zero-order chi connectivity index (χ0) is 14.0. The summed E-state index contributed by atoms with van der Waals surface area (Å²) in [4.78, 5) is 0. The maximum absolute atomic E-state index is 13.5. The minimum atomic E-state index is -0.246. The van der Waals surface area contributed by atoms with Gasteiger partial charge in [0.25, 0.3) is 0 Å². The fourth-order valence-electron chi connectivity index (χ4n) is 1.95. The van der Waals surface area contributed by atoms with Crippen LogP contribution in [0, 0.1) is 5.82 Å². The zero-order valence-corrected chi connectivity index (χ0v) is 14.8. The van der Waals surface area contributed by atoms with Gasteiger partial charge in [-0.3, -0.25) is 0 Å². The standard InChI is InChI=1S/C14H11Br3FN/c1-19-14(10-6-8(15)2-4-12(10)16)11-7-9(18)3-5-13(11)17/h2-7,14,19H,1H3. The van der Waals surface area contributed by atoms with E-state index in [-0.39, 0.29) is 11.9 Å². The molecule has 0 bridgehead atoms.